The Morgan fingerprint density at radius 2 is 1.58 bits per heavy atom. The number of hydrogen-bond donors (Lipinski definition) is 0. The average molecular weight is 433 g/mol. The van der Waals surface area contributed by atoms with E-state index in [9.17, 15) is 0 Å². The predicted molar refractivity (Wildman–Crippen MR) is 91.3 cm³/mol. The van der Waals surface area contributed by atoms with E-state index >= 15 is 0 Å². The van der Waals surface area contributed by atoms with E-state index in [2.05, 4.69) is 79.7 Å². The van der Waals surface area contributed by atoms with Crippen LogP contribution in [0.5, 0.6) is 0 Å². The fraction of sp³-hybridized carbons (Fsp3) is 0.0952. The van der Waals surface area contributed by atoms with Crippen molar-refractivity contribution in [2.45, 2.75) is 13.3 Å². The molecule has 0 spiro atoms. The van der Waals surface area contributed by atoms with E-state index in [-0.39, 0.29) is 51.0 Å². The van der Waals surface area contributed by atoms with Crippen molar-refractivity contribution >= 4 is 10.8 Å². The van der Waals surface area contributed by atoms with Gasteiger partial charge >= 0.3 is 26.2 Å². The van der Waals surface area contributed by atoms with Crippen LogP contribution in [-0.2, 0) is 26.2 Å². The van der Waals surface area contributed by atoms with Crippen molar-refractivity contribution in [1.29, 1.82) is 0 Å². The van der Waals surface area contributed by atoms with Crippen molar-refractivity contribution in [3.8, 4) is 11.1 Å². The molecule has 0 atom stereocenters. The predicted octanol–water partition coefficient (Wildman–Crippen LogP) is -0.155. The maximum atomic E-state index is 2.99. The number of rotatable bonds is 1. The van der Waals surface area contributed by atoms with Gasteiger partial charge in [-0.2, -0.15) is 6.08 Å². The first-order valence-corrected chi connectivity index (χ1v) is 7.28. The Bertz CT molecular complexity index is 776. The van der Waals surface area contributed by atoms with E-state index in [1.165, 1.54) is 27.5 Å². The van der Waals surface area contributed by atoms with Crippen LogP contribution in [0.1, 0.15) is 12.0 Å². The molecule has 4 rings (SSSR count). The normalized spacial score (nSPS) is 10.9. The monoisotopic (exact) mass is 430 g/mol. The summed E-state index contributed by atoms with van der Waals surface area (Å²) in [5, 5.41) is 2.69. The smallest absolute Gasteiger partial charge is 1.00 e. The first-order chi connectivity index (χ1) is 10.4. The number of halogens is 2. The largest absolute Gasteiger partial charge is 2.00 e. The summed E-state index contributed by atoms with van der Waals surface area (Å²) >= 11 is 0. The van der Waals surface area contributed by atoms with E-state index in [0.717, 1.165) is 6.42 Å². The summed E-state index contributed by atoms with van der Waals surface area (Å²) < 4.78 is 0. The molecule has 0 aromatic heterocycles. The van der Waals surface area contributed by atoms with Crippen molar-refractivity contribution < 1.29 is 51.0 Å². The van der Waals surface area contributed by atoms with Gasteiger partial charge in [-0.05, 0) is 0 Å². The van der Waals surface area contributed by atoms with Crippen molar-refractivity contribution in [2.24, 2.45) is 0 Å². The van der Waals surface area contributed by atoms with Gasteiger partial charge in [-0.25, -0.2) is 12.2 Å². The summed E-state index contributed by atoms with van der Waals surface area (Å²) in [7, 11) is 0. The van der Waals surface area contributed by atoms with Gasteiger partial charge in [0.2, 0.25) is 0 Å². The molecule has 0 unspecified atom stereocenters. The second-order valence-corrected chi connectivity index (χ2v) is 5.14. The van der Waals surface area contributed by atoms with Crippen molar-refractivity contribution in [3.63, 3.8) is 0 Å². The second kappa shape index (κ2) is 11.5. The van der Waals surface area contributed by atoms with E-state index in [1.54, 1.807) is 0 Å². The third-order valence-corrected chi connectivity index (χ3v) is 3.74. The van der Waals surface area contributed by atoms with Gasteiger partial charge in [-0.1, -0.05) is 61.0 Å². The van der Waals surface area contributed by atoms with E-state index < -0.39 is 0 Å². The second-order valence-electron chi connectivity index (χ2n) is 5.14. The van der Waals surface area contributed by atoms with E-state index in [1.807, 2.05) is 12.2 Å². The van der Waals surface area contributed by atoms with Crippen LogP contribution in [0.4, 0.5) is 0 Å². The Labute approximate surface area is 176 Å². The number of hydrogen-bond acceptors (Lipinski definition) is 0. The third-order valence-electron chi connectivity index (χ3n) is 3.74. The van der Waals surface area contributed by atoms with Crippen LogP contribution >= 0.6 is 0 Å². The fourth-order valence-corrected chi connectivity index (χ4v) is 2.63. The van der Waals surface area contributed by atoms with Crippen LogP contribution in [0.15, 0.2) is 78.9 Å². The van der Waals surface area contributed by atoms with Gasteiger partial charge < -0.3 is 24.8 Å². The Morgan fingerprint density at radius 3 is 2.12 bits per heavy atom. The molecule has 1 aliphatic rings. The first kappa shape index (κ1) is 23.0. The summed E-state index contributed by atoms with van der Waals surface area (Å²) in [5.41, 5.74) is 4.03. The van der Waals surface area contributed by atoms with Gasteiger partial charge in [0.15, 0.2) is 0 Å². The first-order valence-electron chi connectivity index (χ1n) is 7.28. The van der Waals surface area contributed by atoms with Gasteiger partial charge in [-0.3, -0.25) is 6.08 Å². The maximum absolute atomic E-state index is 2.99. The molecule has 0 heterocycles. The minimum absolute atomic E-state index is 0. The molecule has 3 aromatic carbocycles. The molecular weight excluding hydrogens is 414 g/mol. The average Bonchev–Trinajstić information content (AvgIpc) is 3.21. The van der Waals surface area contributed by atoms with Crippen LogP contribution < -0.4 is 24.8 Å². The van der Waals surface area contributed by atoms with Gasteiger partial charge in [0.25, 0.3) is 0 Å². The van der Waals surface area contributed by atoms with Crippen LogP contribution in [0, 0.1) is 13.0 Å². The van der Waals surface area contributed by atoms with Crippen LogP contribution in [0.3, 0.4) is 0 Å². The molecule has 0 amide bonds. The molecule has 3 heteroatoms. The number of allylic oxidation sites excluding steroid dienone is 4. The molecule has 0 fully saturated rings. The number of aryl methyl sites for hydroxylation is 1. The van der Waals surface area contributed by atoms with Gasteiger partial charge in [0.05, 0.1) is 0 Å². The summed E-state index contributed by atoms with van der Waals surface area (Å²) in [5.74, 6) is 0. The minimum Gasteiger partial charge on any atom is -1.00 e. The minimum atomic E-state index is 0. The van der Waals surface area contributed by atoms with E-state index in [4.69, 9.17) is 0 Å². The standard InChI is InChI=1S/C16H13.C5H5.2ClH.Zr/c1-12-15-10-6-5-9-14(15)11-16(12)13-7-3-2-4-8-13;1-2-4-5-3-1;;;/h2-11H,1H3;1-3H,4H2;2*1H;/q2*-1;;;+2/p-2. The Morgan fingerprint density at radius 1 is 0.917 bits per heavy atom. The molecule has 0 nitrogen and oxygen atoms in total. The molecule has 122 valence electrons. The Kier molecular flexibility index (Phi) is 11.0. The molecule has 0 saturated heterocycles. The van der Waals surface area contributed by atoms with Crippen molar-refractivity contribution in [1.82, 2.24) is 0 Å². The Balaban J connectivity index is 0.000000578. The van der Waals surface area contributed by atoms with Gasteiger partial charge in [0, 0.05) is 0 Å². The molecule has 3 aromatic rings. The molecule has 0 saturated carbocycles. The number of fused-ring (bicyclic) bond motifs is 1. The summed E-state index contributed by atoms with van der Waals surface area (Å²) in [6, 6.07) is 21.4. The quantitative estimate of drug-likeness (QED) is 0.469. The topological polar surface area (TPSA) is 0 Å². The zero-order valence-corrected chi connectivity index (χ0v) is 17.4. The summed E-state index contributed by atoms with van der Waals surface area (Å²) in [6.07, 6.45) is 10.0. The van der Waals surface area contributed by atoms with Crippen LogP contribution in [0.2, 0.25) is 0 Å². The Hall–Kier alpha value is -1.01. The van der Waals surface area contributed by atoms with Gasteiger partial charge in [-0.15, -0.1) is 40.5 Å². The SMILES string of the molecule is C[c-]1c(-c2ccccc2)cc2ccccc21.[C-]1=CC=CC1.[Cl-].[Cl-].[Zr+2]. The fourth-order valence-electron chi connectivity index (χ4n) is 2.63. The number of benzene rings is 2. The van der Waals surface area contributed by atoms with Crippen LogP contribution in [0.25, 0.3) is 21.9 Å². The zero-order valence-electron chi connectivity index (χ0n) is 13.5. The third kappa shape index (κ3) is 5.52. The van der Waals surface area contributed by atoms with Crippen LogP contribution in [-0.4, -0.2) is 0 Å². The summed E-state index contributed by atoms with van der Waals surface area (Å²) in [6.45, 7) is 2.20. The van der Waals surface area contributed by atoms with Crippen molar-refractivity contribution in [2.75, 3.05) is 0 Å². The zero-order chi connectivity index (χ0) is 14.5. The molecule has 1 aliphatic carbocycles. The molecule has 0 bridgehead atoms. The molecule has 0 N–H and O–H groups in total. The molecule has 0 radical (unpaired) electrons. The maximum Gasteiger partial charge on any atom is 2.00 e. The van der Waals surface area contributed by atoms with Crippen molar-refractivity contribution in [3.05, 3.63) is 90.5 Å². The molecule has 24 heavy (non-hydrogen) atoms. The summed E-state index contributed by atoms with van der Waals surface area (Å²) in [4.78, 5) is 0. The van der Waals surface area contributed by atoms with E-state index in [0.29, 0.717) is 0 Å². The molecular formula is C21H18Cl2Zr-2. The van der Waals surface area contributed by atoms with Gasteiger partial charge in [0.1, 0.15) is 0 Å². The molecule has 0 aliphatic heterocycles.